The molecule has 0 bridgehead atoms. The summed E-state index contributed by atoms with van der Waals surface area (Å²) in [5.41, 5.74) is 1.27. The van der Waals surface area contributed by atoms with Gasteiger partial charge in [0.2, 0.25) is 0 Å². The van der Waals surface area contributed by atoms with E-state index in [2.05, 4.69) is 5.32 Å². The first-order valence-corrected chi connectivity index (χ1v) is 6.86. The summed E-state index contributed by atoms with van der Waals surface area (Å²) < 4.78 is 24.4. The second-order valence-corrected chi connectivity index (χ2v) is 5.03. The summed E-state index contributed by atoms with van der Waals surface area (Å²) in [6.07, 6.45) is 0. The standard InChI is InChI=1S/C16H17ClFNO2/c1-10(19-15-6-4-11(17)8-14(15)18)13-9-12(20-2)5-7-16(13)21-3/h4-10,19H,1-3H3. The van der Waals surface area contributed by atoms with E-state index in [1.807, 2.05) is 25.1 Å². The van der Waals surface area contributed by atoms with E-state index in [9.17, 15) is 4.39 Å². The van der Waals surface area contributed by atoms with E-state index in [-0.39, 0.29) is 6.04 Å². The van der Waals surface area contributed by atoms with Crippen LogP contribution in [0.25, 0.3) is 0 Å². The average molecular weight is 310 g/mol. The molecule has 0 saturated heterocycles. The first-order valence-electron chi connectivity index (χ1n) is 6.48. The lowest BCUT2D eigenvalue weighted by atomic mass is 10.1. The Bertz CT molecular complexity index is 634. The third-order valence-corrected chi connectivity index (χ3v) is 3.44. The lowest BCUT2D eigenvalue weighted by Gasteiger charge is -2.19. The predicted molar refractivity (Wildman–Crippen MR) is 83.0 cm³/mol. The average Bonchev–Trinajstić information content (AvgIpc) is 2.49. The van der Waals surface area contributed by atoms with Crippen molar-refractivity contribution in [2.24, 2.45) is 0 Å². The molecule has 5 heteroatoms. The van der Waals surface area contributed by atoms with Gasteiger partial charge in [0.1, 0.15) is 17.3 Å². The van der Waals surface area contributed by atoms with Crippen LogP contribution in [0.15, 0.2) is 36.4 Å². The van der Waals surface area contributed by atoms with Crippen LogP contribution in [-0.2, 0) is 0 Å². The number of methoxy groups -OCH3 is 2. The van der Waals surface area contributed by atoms with Crippen molar-refractivity contribution in [3.8, 4) is 11.5 Å². The van der Waals surface area contributed by atoms with Gasteiger partial charge in [0.15, 0.2) is 0 Å². The molecule has 0 aliphatic rings. The minimum atomic E-state index is -0.392. The van der Waals surface area contributed by atoms with Crippen molar-refractivity contribution in [3.05, 3.63) is 52.8 Å². The lowest BCUT2D eigenvalue weighted by molar-refractivity contribution is 0.397. The number of halogens is 2. The monoisotopic (exact) mass is 309 g/mol. The second kappa shape index (κ2) is 6.68. The van der Waals surface area contributed by atoms with Crippen LogP contribution in [-0.4, -0.2) is 14.2 Å². The van der Waals surface area contributed by atoms with Gasteiger partial charge >= 0.3 is 0 Å². The van der Waals surface area contributed by atoms with Crippen LogP contribution in [0.2, 0.25) is 5.02 Å². The van der Waals surface area contributed by atoms with Crippen molar-refractivity contribution in [3.63, 3.8) is 0 Å². The Hall–Kier alpha value is -1.94. The maximum Gasteiger partial charge on any atom is 0.147 e. The molecule has 1 atom stereocenters. The highest BCUT2D eigenvalue weighted by Gasteiger charge is 2.14. The number of anilines is 1. The predicted octanol–water partition coefficient (Wildman–Crippen LogP) is 4.67. The van der Waals surface area contributed by atoms with E-state index in [1.165, 1.54) is 6.07 Å². The highest BCUT2D eigenvalue weighted by Crippen LogP contribution is 2.32. The van der Waals surface area contributed by atoms with Crippen molar-refractivity contribution in [2.75, 3.05) is 19.5 Å². The van der Waals surface area contributed by atoms with Crippen molar-refractivity contribution in [1.82, 2.24) is 0 Å². The molecule has 112 valence electrons. The van der Waals surface area contributed by atoms with Crippen LogP contribution in [0.3, 0.4) is 0 Å². The van der Waals surface area contributed by atoms with Crippen LogP contribution in [0.4, 0.5) is 10.1 Å². The van der Waals surface area contributed by atoms with Gasteiger partial charge in [-0.25, -0.2) is 4.39 Å². The van der Waals surface area contributed by atoms with Gasteiger partial charge in [0.05, 0.1) is 25.9 Å². The van der Waals surface area contributed by atoms with Gasteiger partial charge in [0.25, 0.3) is 0 Å². The molecule has 21 heavy (non-hydrogen) atoms. The maximum absolute atomic E-state index is 13.9. The topological polar surface area (TPSA) is 30.5 Å². The Kier molecular flexibility index (Phi) is 4.91. The normalized spacial score (nSPS) is 11.9. The summed E-state index contributed by atoms with van der Waals surface area (Å²) in [5, 5.41) is 3.48. The summed E-state index contributed by atoms with van der Waals surface area (Å²) in [6, 6.07) is 9.88. The van der Waals surface area contributed by atoms with Crippen LogP contribution in [0.5, 0.6) is 11.5 Å². The van der Waals surface area contributed by atoms with Crippen LogP contribution in [0.1, 0.15) is 18.5 Å². The molecule has 1 N–H and O–H groups in total. The van der Waals surface area contributed by atoms with E-state index in [1.54, 1.807) is 26.4 Å². The summed E-state index contributed by atoms with van der Waals surface area (Å²) in [4.78, 5) is 0. The third kappa shape index (κ3) is 3.58. The number of rotatable bonds is 5. The van der Waals surface area contributed by atoms with Crippen molar-refractivity contribution in [1.29, 1.82) is 0 Å². The Labute approximate surface area is 128 Å². The Morgan fingerprint density at radius 3 is 2.48 bits per heavy atom. The smallest absolute Gasteiger partial charge is 0.147 e. The zero-order valence-electron chi connectivity index (χ0n) is 12.1. The SMILES string of the molecule is COc1ccc(OC)c(C(C)Nc2ccc(Cl)cc2F)c1. The van der Waals surface area contributed by atoms with Crippen LogP contribution >= 0.6 is 11.6 Å². The number of ether oxygens (including phenoxy) is 2. The minimum absolute atomic E-state index is 0.161. The summed E-state index contributed by atoms with van der Waals surface area (Å²) >= 11 is 5.75. The molecule has 0 spiro atoms. The third-order valence-electron chi connectivity index (χ3n) is 3.21. The summed E-state index contributed by atoms with van der Waals surface area (Å²) in [7, 11) is 3.20. The zero-order valence-corrected chi connectivity index (χ0v) is 12.9. The molecule has 0 radical (unpaired) electrons. The molecular formula is C16H17ClFNO2. The van der Waals surface area contributed by atoms with E-state index in [0.717, 1.165) is 11.3 Å². The Morgan fingerprint density at radius 2 is 1.86 bits per heavy atom. The number of nitrogens with one attached hydrogen (secondary N) is 1. The molecule has 0 fully saturated rings. The van der Waals surface area contributed by atoms with Gasteiger partial charge in [-0.1, -0.05) is 11.6 Å². The number of hydrogen-bond acceptors (Lipinski definition) is 3. The van der Waals surface area contributed by atoms with Gasteiger partial charge in [-0.3, -0.25) is 0 Å². The molecule has 0 saturated carbocycles. The van der Waals surface area contributed by atoms with Crippen LogP contribution in [0, 0.1) is 5.82 Å². The molecule has 0 aliphatic heterocycles. The fraction of sp³-hybridized carbons (Fsp3) is 0.250. The van der Waals surface area contributed by atoms with Gasteiger partial charge in [-0.2, -0.15) is 0 Å². The molecule has 2 aromatic carbocycles. The van der Waals surface area contributed by atoms with Gasteiger partial charge in [0, 0.05) is 10.6 Å². The lowest BCUT2D eigenvalue weighted by Crippen LogP contribution is -2.09. The van der Waals surface area contributed by atoms with Crippen molar-refractivity contribution >= 4 is 17.3 Å². The molecule has 0 heterocycles. The Balaban J connectivity index is 2.28. The number of hydrogen-bond donors (Lipinski definition) is 1. The first-order chi connectivity index (χ1) is 10.0. The van der Waals surface area contributed by atoms with E-state index >= 15 is 0 Å². The number of benzene rings is 2. The molecule has 0 aliphatic carbocycles. The van der Waals surface area contributed by atoms with E-state index in [0.29, 0.717) is 16.5 Å². The Morgan fingerprint density at radius 1 is 1.10 bits per heavy atom. The van der Waals surface area contributed by atoms with E-state index in [4.69, 9.17) is 21.1 Å². The first kappa shape index (κ1) is 15.4. The summed E-state index contributed by atoms with van der Waals surface area (Å²) in [6.45, 7) is 1.92. The fourth-order valence-corrected chi connectivity index (χ4v) is 2.25. The molecule has 2 aromatic rings. The molecule has 2 rings (SSSR count). The van der Waals surface area contributed by atoms with Crippen molar-refractivity contribution < 1.29 is 13.9 Å². The van der Waals surface area contributed by atoms with Gasteiger partial charge in [-0.15, -0.1) is 0 Å². The minimum Gasteiger partial charge on any atom is -0.497 e. The van der Waals surface area contributed by atoms with Gasteiger partial charge in [-0.05, 0) is 43.3 Å². The highest BCUT2D eigenvalue weighted by molar-refractivity contribution is 6.30. The van der Waals surface area contributed by atoms with Gasteiger partial charge < -0.3 is 14.8 Å². The highest BCUT2D eigenvalue weighted by atomic mass is 35.5. The summed E-state index contributed by atoms with van der Waals surface area (Å²) in [5.74, 6) is 1.04. The largest absolute Gasteiger partial charge is 0.497 e. The maximum atomic E-state index is 13.9. The zero-order chi connectivity index (χ0) is 15.4. The second-order valence-electron chi connectivity index (χ2n) is 4.60. The molecule has 0 amide bonds. The molecule has 3 nitrogen and oxygen atoms in total. The fourth-order valence-electron chi connectivity index (χ4n) is 2.10. The van der Waals surface area contributed by atoms with Crippen molar-refractivity contribution in [2.45, 2.75) is 13.0 Å². The quantitative estimate of drug-likeness (QED) is 0.870. The molecule has 0 aromatic heterocycles. The van der Waals surface area contributed by atoms with Crippen LogP contribution < -0.4 is 14.8 Å². The molecular weight excluding hydrogens is 293 g/mol. The molecule has 1 unspecified atom stereocenters. The van der Waals surface area contributed by atoms with E-state index < -0.39 is 5.82 Å².